The molecule has 0 fully saturated rings. The van der Waals surface area contributed by atoms with Gasteiger partial charge in [0.05, 0.1) is 11.9 Å². The molecule has 0 bridgehead atoms. The van der Waals surface area contributed by atoms with E-state index >= 15 is 0 Å². The van der Waals surface area contributed by atoms with Gasteiger partial charge in [0.15, 0.2) is 5.82 Å². The van der Waals surface area contributed by atoms with E-state index in [-0.39, 0.29) is 0 Å². The maximum Gasteiger partial charge on any atom is 0.225 e. The van der Waals surface area contributed by atoms with E-state index in [2.05, 4.69) is 43.8 Å². The smallest absolute Gasteiger partial charge is 0.225 e. The zero-order valence-corrected chi connectivity index (χ0v) is 12.3. The molecule has 0 aliphatic heterocycles. The van der Waals surface area contributed by atoms with Crippen LogP contribution >= 0.6 is 11.3 Å². The normalized spacial score (nSPS) is 10.9. The maximum absolute atomic E-state index is 4.48. The van der Waals surface area contributed by atoms with Gasteiger partial charge in [-0.2, -0.15) is 4.98 Å². The molecule has 7 nitrogen and oxygen atoms in total. The first-order chi connectivity index (χ1) is 9.67. The lowest BCUT2D eigenvalue weighted by molar-refractivity contribution is 0.810. The number of nitrogens with zero attached hydrogens (tertiary/aromatic N) is 5. The molecule has 104 valence electrons. The van der Waals surface area contributed by atoms with Gasteiger partial charge in [-0.05, 0) is 13.0 Å². The van der Waals surface area contributed by atoms with E-state index in [0.29, 0.717) is 12.5 Å². The van der Waals surface area contributed by atoms with E-state index in [1.807, 2.05) is 18.7 Å². The molecule has 3 aromatic heterocycles. The summed E-state index contributed by atoms with van der Waals surface area (Å²) in [6, 6.07) is 2.10. The van der Waals surface area contributed by atoms with Crippen molar-refractivity contribution in [2.24, 2.45) is 7.05 Å². The van der Waals surface area contributed by atoms with Crippen molar-refractivity contribution in [1.29, 1.82) is 0 Å². The van der Waals surface area contributed by atoms with Crippen LogP contribution in [0.25, 0.3) is 10.2 Å². The van der Waals surface area contributed by atoms with E-state index < -0.39 is 0 Å². The Morgan fingerprint density at radius 1 is 1.35 bits per heavy atom. The highest BCUT2D eigenvalue weighted by atomic mass is 32.1. The van der Waals surface area contributed by atoms with Gasteiger partial charge >= 0.3 is 0 Å². The molecule has 3 heterocycles. The summed E-state index contributed by atoms with van der Waals surface area (Å²) in [6.45, 7) is 2.64. The Hall–Kier alpha value is -2.22. The Bertz CT molecular complexity index is 745. The second kappa shape index (κ2) is 5.04. The zero-order chi connectivity index (χ0) is 14.1. The molecule has 0 unspecified atom stereocenters. The predicted octanol–water partition coefficient (Wildman–Crippen LogP) is 1.78. The number of aryl methyl sites for hydroxylation is 2. The van der Waals surface area contributed by atoms with Crippen LogP contribution in [0, 0.1) is 6.92 Å². The summed E-state index contributed by atoms with van der Waals surface area (Å²) in [7, 11) is 3.73. The number of hydrogen-bond acceptors (Lipinski definition) is 7. The van der Waals surface area contributed by atoms with Gasteiger partial charge in [-0.3, -0.25) is 0 Å². The van der Waals surface area contributed by atoms with E-state index in [0.717, 1.165) is 21.9 Å². The lowest BCUT2D eigenvalue weighted by atomic mass is 10.3. The minimum absolute atomic E-state index is 0.570. The summed E-state index contributed by atoms with van der Waals surface area (Å²) in [5.41, 5.74) is 0. The highest BCUT2D eigenvalue weighted by Crippen LogP contribution is 2.29. The average molecular weight is 289 g/mol. The molecule has 0 atom stereocenters. The van der Waals surface area contributed by atoms with Crippen LogP contribution in [0.3, 0.4) is 0 Å². The SMILES string of the molecule is CNc1nc(NCc2nncn2C)c2cc(C)sc2n1. The van der Waals surface area contributed by atoms with Gasteiger partial charge in [-0.25, -0.2) is 4.98 Å². The summed E-state index contributed by atoms with van der Waals surface area (Å²) in [4.78, 5) is 11.1. The van der Waals surface area contributed by atoms with Crippen LogP contribution in [0.4, 0.5) is 11.8 Å². The Morgan fingerprint density at radius 3 is 2.90 bits per heavy atom. The van der Waals surface area contributed by atoms with Gasteiger partial charge in [-0.1, -0.05) is 0 Å². The van der Waals surface area contributed by atoms with Crippen molar-refractivity contribution in [3.63, 3.8) is 0 Å². The largest absolute Gasteiger partial charge is 0.362 e. The molecule has 8 heteroatoms. The summed E-state index contributed by atoms with van der Waals surface area (Å²) in [5.74, 6) is 2.28. The molecule has 0 spiro atoms. The van der Waals surface area contributed by atoms with E-state index in [4.69, 9.17) is 0 Å². The fourth-order valence-corrected chi connectivity index (χ4v) is 2.80. The minimum atomic E-state index is 0.570. The fourth-order valence-electron chi connectivity index (χ4n) is 1.92. The number of nitrogens with one attached hydrogen (secondary N) is 2. The highest BCUT2D eigenvalue weighted by molar-refractivity contribution is 7.18. The number of fused-ring (bicyclic) bond motifs is 1. The standard InChI is InChI=1S/C12H15N7S/c1-7-4-8-10(14-5-9-18-15-6-19(9)3)16-12(13-2)17-11(8)20-7/h4,6H,5H2,1-3H3,(H2,13,14,16,17). The Kier molecular flexibility index (Phi) is 3.23. The lowest BCUT2D eigenvalue weighted by Crippen LogP contribution is -2.08. The molecule has 0 saturated heterocycles. The van der Waals surface area contributed by atoms with E-state index in [1.165, 1.54) is 4.88 Å². The van der Waals surface area contributed by atoms with Gasteiger partial charge in [0.25, 0.3) is 0 Å². The predicted molar refractivity (Wildman–Crippen MR) is 80.0 cm³/mol. The quantitative estimate of drug-likeness (QED) is 0.762. The topological polar surface area (TPSA) is 80.5 Å². The van der Waals surface area contributed by atoms with Crippen molar-refractivity contribution >= 4 is 33.3 Å². The van der Waals surface area contributed by atoms with Gasteiger partial charge < -0.3 is 15.2 Å². The molecule has 20 heavy (non-hydrogen) atoms. The molecule has 0 saturated carbocycles. The number of anilines is 2. The first kappa shape index (κ1) is 12.8. The maximum atomic E-state index is 4.48. The van der Waals surface area contributed by atoms with E-state index in [9.17, 15) is 0 Å². The summed E-state index contributed by atoms with van der Waals surface area (Å²) in [6.07, 6.45) is 1.68. The number of hydrogen-bond donors (Lipinski definition) is 2. The van der Waals surface area contributed by atoms with Crippen molar-refractivity contribution in [1.82, 2.24) is 24.7 Å². The van der Waals surface area contributed by atoms with Crippen LogP contribution in [-0.2, 0) is 13.6 Å². The van der Waals surface area contributed by atoms with Crippen molar-refractivity contribution in [2.45, 2.75) is 13.5 Å². The second-order valence-electron chi connectivity index (χ2n) is 4.43. The van der Waals surface area contributed by atoms with Crippen LogP contribution in [0.5, 0.6) is 0 Å². The van der Waals surface area contributed by atoms with Gasteiger partial charge in [0.2, 0.25) is 5.95 Å². The van der Waals surface area contributed by atoms with Crippen molar-refractivity contribution in [3.05, 3.63) is 23.1 Å². The van der Waals surface area contributed by atoms with Gasteiger partial charge in [-0.15, -0.1) is 21.5 Å². The summed E-state index contributed by atoms with van der Waals surface area (Å²) in [5, 5.41) is 15.2. The number of thiophene rings is 1. The minimum Gasteiger partial charge on any atom is -0.362 e. The first-order valence-corrected chi connectivity index (χ1v) is 7.01. The molecule has 3 aromatic rings. The third kappa shape index (κ3) is 2.29. The van der Waals surface area contributed by atoms with Crippen LogP contribution < -0.4 is 10.6 Å². The van der Waals surface area contributed by atoms with Crippen LogP contribution in [-0.4, -0.2) is 31.8 Å². The van der Waals surface area contributed by atoms with Crippen LogP contribution in [0.2, 0.25) is 0 Å². The molecule has 0 aliphatic rings. The summed E-state index contributed by atoms with van der Waals surface area (Å²) >= 11 is 1.66. The zero-order valence-electron chi connectivity index (χ0n) is 11.5. The Labute approximate surface area is 120 Å². The van der Waals surface area contributed by atoms with E-state index in [1.54, 1.807) is 17.7 Å². The van der Waals surface area contributed by atoms with Crippen molar-refractivity contribution in [2.75, 3.05) is 17.7 Å². The van der Waals surface area contributed by atoms with Gasteiger partial charge in [0, 0.05) is 19.0 Å². The Balaban J connectivity index is 1.95. The first-order valence-electron chi connectivity index (χ1n) is 6.20. The lowest BCUT2D eigenvalue weighted by Gasteiger charge is -2.08. The second-order valence-corrected chi connectivity index (χ2v) is 5.67. The molecule has 2 N–H and O–H groups in total. The average Bonchev–Trinajstić information content (AvgIpc) is 3.00. The third-order valence-corrected chi connectivity index (χ3v) is 3.90. The molecule has 3 rings (SSSR count). The molecular formula is C12H15N7S. The van der Waals surface area contributed by atoms with Crippen molar-refractivity contribution in [3.8, 4) is 0 Å². The van der Waals surface area contributed by atoms with Crippen LogP contribution in [0.1, 0.15) is 10.7 Å². The number of rotatable bonds is 4. The monoisotopic (exact) mass is 289 g/mol. The third-order valence-electron chi connectivity index (χ3n) is 2.96. The molecular weight excluding hydrogens is 274 g/mol. The van der Waals surface area contributed by atoms with Crippen LogP contribution in [0.15, 0.2) is 12.4 Å². The molecule has 0 radical (unpaired) electrons. The molecule has 0 amide bonds. The van der Waals surface area contributed by atoms with Gasteiger partial charge in [0.1, 0.15) is 17.0 Å². The Morgan fingerprint density at radius 2 is 2.20 bits per heavy atom. The fraction of sp³-hybridized carbons (Fsp3) is 0.333. The highest BCUT2D eigenvalue weighted by Gasteiger charge is 2.10. The van der Waals surface area contributed by atoms with Crippen molar-refractivity contribution < 1.29 is 0 Å². The molecule has 0 aromatic carbocycles. The molecule has 0 aliphatic carbocycles. The summed E-state index contributed by atoms with van der Waals surface area (Å²) < 4.78 is 1.88. The number of aromatic nitrogens is 5.